The molecule has 0 amide bonds. The Balaban J connectivity index is 1.82. The highest BCUT2D eigenvalue weighted by Gasteiger charge is 2.18. The topological polar surface area (TPSA) is 44.9 Å². The molecule has 21 heavy (non-hydrogen) atoms. The molecule has 0 radical (unpaired) electrons. The summed E-state index contributed by atoms with van der Waals surface area (Å²) in [5.74, 6) is 0.0790. The lowest BCUT2D eigenvalue weighted by Gasteiger charge is -2.14. The van der Waals surface area contributed by atoms with Gasteiger partial charge in [-0.1, -0.05) is 34.1 Å². The Morgan fingerprint density at radius 3 is 2.62 bits per heavy atom. The van der Waals surface area contributed by atoms with Crippen LogP contribution in [0.1, 0.15) is 17.3 Å². The summed E-state index contributed by atoms with van der Waals surface area (Å²) in [6, 6.07) is 15.3. The zero-order valence-electron chi connectivity index (χ0n) is 11.6. The number of rotatable bonds is 4. The number of anilines is 1. The Morgan fingerprint density at radius 1 is 1.14 bits per heavy atom. The van der Waals surface area contributed by atoms with Crippen LogP contribution in [0.2, 0.25) is 0 Å². The molecule has 106 valence electrons. The average molecular weight is 343 g/mol. The van der Waals surface area contributed by atoms with Crippen LogP contribution in [0.3, 0.4) is 0 Å². The van der Waals surface area contributed by atoms with Crippen LogP contribution < -0.4 is 5.32 Å². The molecule has 0 fully saturated rings. The molecule has 0 saturated heterocycles. The zero-order chi connectivity index (χ0) is 14.8. The van der Waals surface area contributed by atoms with E-state index in [1.165, 1.54) is 0 Å². The minimum absolute atomic E-state index is 0.0790. The van der Waals surface area contributed by atoms with Crippen LogP contribution in [0.4, 0.5) is 5.69 Å². The number of aromatic nitrogens is 1. The molecule has 3 rings (SSSR count). The standard InChI is InChI=1S/C17H15BrN2O/c1-11(20-13-8-6-12(18)7-9-13)17(21)15-10-19-16-5-3-2-4-14(15)16/h2-11,19-20H,1H3/t11-/m1/s1. The number of H-pyrrole nitrogens is 1. The first-order valence-electron chi connectivity index (χ1n) is 6.77. The quantitative estimate of drug-likeness (QED) is 0.680. The van der Waals surface area contributed by atoms with Crippen molar-refractivity contribution in [1.29, 1.82) is 0 Å². The van der Waals surface area contributed by atoms with Gasteiger partial charge in [0.05, 0.1) is 6.04 Å². The number of nitrogens with one attached hydrogen (secondary N) is 2. The summed E-state index contributed by atoms with van der Waals surface area (Å²) in [5, 5.41) is 4.20. The highest BCUT2D eigenvalue weighted by Crippen LogP contribution is 2.21. The smallest absolute Gasteiger partial charge is 0.186 e. The maximum Gasteiger partial charge on any atom is 0.186 e. The number of aromatic amines is 1. The highest BCUT2D eigenvalue weighted by molar-refractivity contribution is 9.10. The molecular weight excluding hydrogens is 328 g/mol. The van der Waals surface area contributed by atoms with Gasteiger partial charge in [-0.05, 0) is 37.3 Å². The van der Waals surface area contributed by atoms with E-state index in [-0.39, 0.29) is 11.8 Å². The van der Waals surface area contributed by atoms with Gasteiger partial charge in [0.1, 0.15) is 0 Å². The third-order valence-corrected chi connectivity index (χ3v) is 4.00. The fraction of sp³-hybridized carbons (Fsp3) is 0.118. The van der Waals surface area contributed by atoms with Crippen molar-refractivity contribution >= 4 is 38.3 Å². The largest absolute Gasteiger partial charge is 0.375 e. The Bertz CT molecular complexity index is 777. The van der Waals surface area contributed by atoms with Gasteiger partial charge in [-0.25, -0.2) is 0 Å². The van der Waals surface area contributed by atoms with E-state index >= 15 is 0 Å². The molecule has 2 aromatic carbocycles. The van der Waals surface area contributed by atoms with Crippen LogP contribution in [0, 0.1) is 0 Å². The predicted molar refractivity (Wildman–Crippen MR) is 89.9 cm³/mol. The van der Waals surface area contributed by atoms with Gasteiger partial charge in [-0.15, -0.1) is 0 Å². The third kappa shape index (κ3) is 2.85. The van der Waals surface area contributed by atoms with E-state index in [1.807, 2.05) is 55.5 Å². The molecule has 1 heterocycles. The van der Waals surface area contributed by atoms with Gasteiger partial charge in [-0.3, -0.25) is 4.79 Å². The van der Waals surface area contributed by atoms with Gasteiger partial charge >= 0.3 is 0 Å². The van der Waals surface area contributed by atoms with Crippen LogP contribution in [0.15, 0.2) is 59.2 Å². The minimum Gasteiger partial charge on any atom is -0.375 e. The van der Waals surface area contributed by atoms with Crippen molar-refractivity contribution in [2.75, 3.05) is 5.32 Å². The molecule has 3 aromatic rings. The van der Waals surface area contributed by atoms with Crippen LogP contribution in [-0.2, 0) is 0 Å². The number of halogens is 1. The Morgan fingerprint density at radius 2 is 1.86 bits per heavy atom. The van der Waals surface area contributed by atoms with Crippen LogP contribution in [0.25, 0.3) is 10.9 Å². The van der Waals surface area contributed by atoms with E-state index in [0.29, 0.717) is 0 Å². The van der Waals surface area contributed by atoms with Crippen molar-refractivity contribution in [2.24, 2.45) is 0 Å². The molecule has 0 aliphatic heterocycles. The molecule has 1 atom stereocenters. The molecule has 0 unspecified atom stereocenters. The average Bonchev–Trinajstić information content (AvgIpc) is 2.92. The molecule has 0 aliphatic rings. The minimum atomic E-state index is -0.287. The lowest BCUT2D eigenvalue weighted by molar-refractivity contribution is 0.0977. The summed E-state index contributed by atoms with van der Waals surface area (Å²) in [6.45, 7) is 1.88. The maximum atomic E-state index is 12.6. The second kappa shape index (κ2) is 5.74. The van der Waals surface area contributed by atoms with E-state index < -0.39 is 0 Å². The number of carbonyl (C=O) groups excluding carboxylic acids is 1. The third-order valence-electron chi connectivity index (χ3n) is 3.48. The SMILES string of the molecule is C[C@@H](Nc1ccc(Br)cc1)C(=O)c1c[nH]c2ccccc12. The van der Waals surface area contributed by atoms with Crippen molar-refractivity contribution in [1.82, 2.24) is 4.98 Å². The number of benzene rings is 2. The fourth-order valence-electron chi connectivity index (χ4n) is 2.37. The molecule has 1 aromatic heterocycles. The van der Waals surface area contributed by atoms with E-state index in [1.54, 1.807) is 6.20 Å². The first-order chi connectivity index (χ1) is 10.1. The molecule has 3 nitrogen and oxygen atoms in total. The number of Topliss-reactive ketones (excluding diaryl/α,β-unsaturated/α-hetero) is 1. The van der Waals surface area contributed by atoms with Crippen molar-refractivity contribution in [2.45, 2.75) is 13.0 Å². The van der Waals surface area contributed by atoms with Gasteiger partial charge in [0.15, 0.2) is 5.78 Å². The lowest BCUT2D eigenvalue weighted by Crippen LogP contribution is -2.25. The lowest BCUT2D eigenvalue weighted by atomic mass is 10.0. The number of ketones is 1. The molecule has 0 bridgehead atoms. The number of fused-ring (bicyclic) bond motifs is 1. The summed E-state index contributed by atoms with van der Waals surface area (Å²) in [6.07, 6.45) is 1.78. The van der Waals surface area contributed by atoms with Crippen molar-refractivity contribution in [3.05, 3.63) is 64.8 Å². The van der Waals surface area contributed by atoms with E-state index in [4.69, 9.17) is 0 Å². The number of carbonyl (C=O) groups is 1. The van der Waals surface area contributed by atoms with Crippen LogP contribution in [-0.4, -0.2) is 16.8 Å². The highest BCUT2D eigenvalue weighted by atomic mass is 79.9. The monoisotopic (exact) mass is 342 g/mol. The first kappa shape index (κ1) is 13.9. The fourth-order valence-corrected chi connectivity index (χ4v) is 2.63. The molecule has 0 saturated carbocycles. The van der Waals surface area contributed by atoms with E-state index in [0.717, 1.165) is 26.6 Å². The van der Waals surface area contributed by atoms with Crippen molar-refractivity contribution in [3.8, 4) is 0 Å². The van der Waals surface area contributed by atoms with E-state index in [2.05, 4.69) is 26.2 Å². The predicted octanol–water partition coefficient (Wildman–Crippen LogP) is 4.61. The number of hydrogen-bond donors (Lipinski definition) is 2. The van der Waals surface area contributed by atoms with Crippen molar-refractivity contribution < 1.29 is 4.79 Å². The Hall–Kier alpha value is -2.07. The number of hydrogen-bond acceptors (Lipinski definition) is 2. The van der Waals surface area contributed by atoms with E-state index in [9.17, 15) is 4.79 Å². The summed E-state index contributed by atoms with van der Waals surface area (Å²) in [5.41, 5.74) is 2.64. The summed E-state index contributed by atoms with van der Waals surface area (Å²) in [4.78, 5) is 15.7. The molecular formula is C17H15BrN2O. The number of para-hydroxylation sites is 1. The van der Waals surface area contributed by atoms with Crippen LogP contribution >= 0.6 is 15.9 Å². The normalized spacial score (nSPS) is 12.3. The second-order valence-electron chi connectivity index (χ2n) is 4.99. The maximum absolute atomic E-state index is 12.6. The van der Waals surface area contributed by atoms with Gasteiger partial charge in [-0.2, -0.15) is 0 Å². The second-order valence-corrected chi connectivity index (χ2v) is 5.90. The summed E-state index contributed by atoms with van der Waals surface area (Å²) in [7, 11) is 0. The molecule has 0 spiro atoms. The van der Waals surface area contributed by atoms with Crippen LogP contribution in [0.5, 0.6) is 0 Å². The van der Waals surface area contributed by atoms with Gasteiger partial charge in [0.2, 0.25) is 0 Å². The molecule has 4 heteroatoms. The zero-order valence-corrected chi connectivity index (χ0v) is 13.1. The summed E-state index contributed by atoms with van der Waals surface area (Å²) >= 11 is 3.40. The van der Waals surface area contributed by atoms with Gasteiger partial charge in [0, 0.05) is 32.8 Å². The summed E-state index contributed by atoms with van der Waals surface area (Å²) < 4.78 is 1.02. The molecule has 0 aliphatic carbocycles. The Kier molecular flexibility index (Phi) is 3.80. The first-order valence-corrected chi connectivity index (χ1v) is 7.57. The Labute approximate surface area is 131 Å². The van der Waals surface area contributed by atoms with Gasteiger partial charge < -0.3 is 10.3 Å². The van der Waals surface area contributed by atoms with Gasteiger partial charge in [0.25, 0.3) is 0 Å². The molecule has 2 N–H and O–H groups in total. The van der Waals surface area contributed by atoms with Crippen molar-refractivity contribution in [3.63, 3.8) is 0 Å².